The number of rotatable bonds is 8. The minimum Gasteiger partial charge on any atom is -0.494 e. The highest BCUT2D eigenvalue weighted by Crippen LogP contribution is 2.21. The third-order valence-electron chi connectivity index (χ3n) is 4.84. The highest BCUT2D eigenvalue weighted by molar-refractivity contribution is 14.0. The molecular formula is C22H31FIN5O. The number of benzene rings is 1. The molecule has 1 aromatic heterocycles. The first-order chi connectivity index (χ1) is 14.2. The smallest absolute Gasteiger partial charge is 0.191 e. The lowest BCUT2D eigenvalue weighted by Gasteiger charge is -2.20. The predicted molar refractivity (Wildman–Crippen MR) is 131 cm³/mol. The maximum atomic E-state index is 14.0. The van der Waals surface area contributed by atoms with E-state index in [1.807, 2.05) is 36.9 Å². The first kappa shape index (κ1) is 24.2. The van der Waals surface area contributed by atoms with E-state index in [2.05, 4.69) is 21.7 Å². The topological polar surface area (TPSA) is 61.8 Å². The van der Waals surface area contributed by atoms with E-state index >= 15 is 0 Å². The second kappa shape index (κ2) is 12.6. The number of halogens is 2. The van der Waals surface area contributed by atoms with Gasteiger partial charge >= 0.3 is 0 Å². The zero-order valence-electron chi connectivity index (χ0n) is 17.6. The highest BCUT2D eigenvalue weighted by atomic mass is 127. The zero-order chi connectivity index (χ0) is 20.5. The number of guanidine groups is 1. The summed E-state index contributed by atoms with van der Waals surface area (Å²) in [5.41, 5.74) is 1.16. The second-order valence-corrected chi connectivity index (χ2v) is 6.94. The molecule has 2 aromatic rings. The van der Waals surface area contributed by atoms with Crippen molar-refractivity contribution in [1.29, 1.82) is 0 Å². The summed E-state index contributed by atoms with van der Waals surface area (Å²) in [5, 5.41) is 6.78. The number of para-hydroxylation sites is 1. The standard InChI is InChI=1S/C22H30FN5O.HI/c1-3-24-22(26-14-11-17-8-5-6-10-20(17)29-4-2)27-18-12-15-28(16-18)21-19(23)9-7-13-25-21;/h5-10,13,18H,3-4,11-12,14-16H2,1-2H3,(H2,24,26,27);1H. The quantitative estimate of drug-likeness (QED) is 0.312. The van der Waals surface area contributed by atoms with Crippen molar-refractivity contribution in [2.75, 3.05) is 37.7 Å². The van der Waals surface area contributed by atoms with Crippen molar-refractivity contribution in [2.24, 2.45) is 4.99 Å². The minimum atomic E-state index is -0.276. The molecule has 0 amide bonds. The Morgan fingerprint density at radius 3 is 2.87 bits per heavy atom. The number of anilines is 1. The van der Waals surface area contributed by atoms with Crippen molar-refractivity contribution in [1.82, 2.24) is 15.6 Å². The van der Waals surface area contributed by atoms with Crippen LogP contribution < -0.4 is 20.3 Å². The molecular weight excluding hydrogens is 496 g/mol. The van der Waals surface area contributed by atoms with Gasteiger partial charge in [-0.05, 0) is 50.5 Å². The van der Waals surface area contributed by atoms with Crippen LogP contribution in [0.1, 0.15) is 25.8 Å². The van der Waals surface area contributed by atoms with Gasteiger partial charge in [-0.1, -0.05) is 18.2 Å². The summed E-state index contributed by atoms with van der Waals surface area (Å²) in [6, 6.07) is 11.4. The molecule has 1 aliphatic rings. The molecule has 1 aromatic carbocycles. The van der Waals surface area contributed by atoms with Crippen LogP contribution in [-0.4, -0.2) is 49.8 Å². The molecule has 1 atom stereocenters. The van der Waals surface area contributed by atoms with Crippen molar-refractivity contribution < 1.29 is 9.13 Å². The molecule has 0 spiro atoms. The van der Waals surface area contributed by atoms with Gasteiger partial charge in [-0.2, -0.15) is 0 Å². The number of nitrogens with zero attached hydrogens (tertiary/aromatic N) is 3. The molecule has 2 heterocycles. The van der Waals surface area contributed by atoms with Gasteiger partial charge in [0.2, 0.25) is 0 Å². The van der Waals surface area contributed by atoms with Gasteiger partial charge in [0.15, 0.2) is 17.6 Å². The molecule has 1 fully saturated rings. The second-order valence-electron chi connectivity index (χ2n) is 6.94. The van der Waals surface area contributed by atoms with Crippen molar-refractivity contribution in [3.63, 3.8) is 0 Å². The Hall–Kier alpha value is -2.10. The first-order valence-corrected chi connectivity index (χ1v) is 10.3. The molecule has 0 bridgehead atoms. The number of hydrogen-bond donors (Lipinski definition) is 2. The first-order valence-electron chi connectivity index (χ1n) is 10.3. The zero-order valence-corrected chi connectivity index (χ0v) is 19.9. The fourth-order valence-electron chi connectivity index (χ4n) is 3.49. The van der Waals surface area contributed by atoms with Crippen molar-refractivity contribution >= 4 is 35.8 Å². The Labute approximate surface area is 195 Å². The highest BCUT2D eigenvalue weighted by Gasteiger charge is 2.25. The number of nitrogens with one attached hydrogen (secondary N) is 2. The van der Waals surface area contributed by atoms with Gasteiger partial charge in [0, 0.05) is 38.4 Å². The number of pyridine rings is 1. The van der Waals surface area contributed by atoms with Crippen LogP contribution in [0.5, 0.6) is 5.75 Å². The molecule has 0 saturated carbocycles. The van der Waals surface area contributed by atoms with E-state index in [1.165, 1.54) is 6.07 Å². The third-order valence-corrected chi connectivity index (χ3v) is 4.84. The molecule has 0 aliphatic carbocycles. The van der Waals surface area contributed by atoms with Gasteiger partial charge in [-0.15, -0.1) is 24.0 Å². The lowest BCUT2D eigenvalue weighted by atomic mass is 10.1. The minimum absolute atomic E-state index is 0. The van der Waals surface area contributed by atoms with Gasteiger partial charge in [0.25, 0.3) is 0 Å². The van der Waals surface area contributed by atoms with Crippen LogP contribution in [0.15, 0.2) is 47.6 Å². The lowest BCUT2D eigenvalue weighted by molar-refractivity contribution is 0.336. The van der Waals surface area contributed by atoms with E-state index in [0.717, 1.165) is 43.2 Å². The van der Waals surface area contributed by atoms with Crippen LogP contribution in [0.25, 0.3) is 0 Å². The Morgan fingerprint density at radius 1 is 1.27 bits per heavy atom. The monoisotopic (exact) mass is 527 g/mol. The molecule has 0 radical (unpaired) electrons. The molecule has 1 aliphatic heterocycles. The molecule has 3 rings (SSSR count). The summed E-state index contributed by atoms with van der Waals surface area (Å²) in [4.78, 5) is 10.9. The number of aliphatic imine (C=N–C) groups is 1. The van der Waals surface area contributed by atoms with Crippen LogP contribution >= 0.6 is 24.0 Å². The van der Waals surface area contributed by atoms with E-state index in [0.29, 0.717) is 25.5 Å². The van der Waals surface area contributed by atoms with Gasteiger partial charge in [0.1, 0.15) is 5.75 Å². The van der Waals surface area contributed by atoms with Crippen LogP contribution in [0.2, 0.25) is 0 Å². The number of hydrogen-bond acceptors (Lipinski definition) is 4. The maximum absolute atomic E-state index is 14.0. The van der Waals surface area contributed by atoms with E-state index in [4.69, 9.17) is 9.73 Å². The summed E-state index contributed by atoms with van der Waals surface area (Å²) in [6.45, 7) is 7.60. The van der Waals surface area contributed by atoms with Gasteiger partial charge in [0.05, 0.1) is 6.61 Å². The van der Waals surface area contributed by atoms with Crippen LogP contribution in [0, 0.1) is 5.82 Å². The molecule has 6 nitrogen and oxygen atoms in total. The van der Waals surface area contributed by atoms with Crippen LogP contribution in [-0.2, 0) is 6.42 Å². The summed E-state index contributed by atoms with van der Waals surface area (Å²) >= 11 is 0. The summed E-state index contributed by atoms with van der Waals surface area (Å²) < 4.78 is 19.7. The van der Waals surface area contributed by atoms with E-state index in [-0.39, 0.29) is 35.8 Å². The SMILES string of the molecule is CCNC(=NCCc1ccccc1OCC)NC1CCN(c2ncccc2F)C1.I. The normalized spacial score (nSPS) is 16.2. The fourth-order valence-corrected chi connectivity index (χ4v) is 3.49. The largest absolute Gasteiger partial charge is 0.494 e. The number of ether oxygens (including phenoxy) is 1. The van der Waals surface area contributed by atoms with Crippen molar-refractivity contribution in [3.8, 4) is 5.75 Å². The van der Waals surface area contributed by atoms with Crippen LogP contribution in [0.3, 0.4) is 0 Å². The Morgan fingerprint density at radius 2 is 2.10 bits per heavy atom. The number of aromatic nitrogens is 1. The van der Waals surface area contributed by atoms with Crippen LogP contribution in [0.4, 0.5) is 10.2 Å². The Kier molecular flexibility index (Phi) is 10.1. The fraction of sp³-hybridized carbons (Fsp3) is 0.455. The molecule has 164 valence electrons. The third kappa shape index (κ3) is 6.72. The molecule has 30 heavy (non-hydrogen) atoms. The Bertz CT molecular complexity index is 820. The van der Waals surface area contributed by atoms with E-state index in [1.54, 1.807) is 12.3 Å². The van der Waals surface area contributed by atoms with Crippen molar-refractivity contribution in [2.45, 2.75) is 32.7 Å². The summed E-state index contributed by atoms with van der Waals surface area (Å²) in [5.74, 6) is 1.86. The molecule has 8 heteroatoms. The Balaban J connectivity index is 0.00000320. The van der Waals surface area contributed by atoms with E-state index in [9.17, 15) is 4.39 Å². The average molecular weight is 527 g/mol. The molecule has 1 unspecified atom stereocenters. The summed E-state index contributed by atoms with van der Waals surface area (Å²) in [6.07, 6.45) is 3.35. The van der Waals surface area contributed by atoms with Crippen molar-refractivity contribution in [3.05, 3.63) is 54.0 Å². The van der Waals surface area contributed by atoms with E-state index < -0.39 is 0 Å². The van der Waals surface area contributed by atoms with Gasteiger partial charge < -0.3 is 20.3 Å². The maximum Gasteiger partial charge on any atom is 0.191 e. The lowest BCUT2D eigenvalue weighted by Crippen LogP contribution is -2.44. The summed E-state index contributed by atoms with van der Waals surface area (Å²) in [7, 11) is 0. The van der Waals surface area contributed by atoms with Gasteiger partial charge in [-0.3, -0.25) is 4.99 Å². The predicted octanol–water partition coefficient (Wildman–Crippen LogP) is 3.61. The molecule has 1 saturated heterocycles. The average Bonchev–Trinajstić information content (AvgIpc) is 3.18. The van der Waals surface area contributed by atoms with Gasteiger partial charge in [-0.25, -0.2) is 9.37 Å². The molecule has 2 N–H and O–H groups in total.